The fourth-order valence-corrected chi connectivity index (χ4v) is 5.95. The van der Waals surface area contributed by atoms with Crippen LogP contribution in [0.2, 0.25) is 0 Å². The van der Waals surface area contributed by atoms with Crippen molar-refractivity contribution in [3.05, 3.63) is 108 Å². The number of hydrogen-bond donors (Lipinski definition) is 4. The van der Waals surface area contributed by atoms with Crippen molar-refractivity contribution in [3.8, 4) is 5.40 Å². The standard InChI is InChI=1S/C16H15IN4O3S.C15H15N3O3S.B.Na.H/c17-9-13(15(22)20-21-8-4-7-14(21)25-11-18)19-16(23)24-10-12-5-2-1-3-6-12;19-14-12(10-22-13-7-4-8-18(13)17-14)16-15(20)21-9-11-5-2-1-3-6-11;;;/h1-8,13H,9-10H2,(H,19,23)(H,20,22);1-8,12H,9-10H2,(H,16,20)(H,17,19);;;/q;;;+1;-1/t13-;12-;;;/m00.../s1. The Morgan fingerprint density at radius 3 is 2.20 bits per heavy atom. The Morgan fingerprint density at radius 2 is 1.59 bits per heavy atom. The average molecular weight is 822 g/mol. The first-order valence-electron chi connectivity index (χ1n) is 14.0. The number of nitriles is 1. The number of alkyl halides is 1. The summed E-state index contributed by atoms with van der Waals surface area (Å²) >= 11 is 4.43. The largest absolute Gasteiger partial charge is 1.00 e. The molecule has 4 N–H and O–H groups in total. The molecule has 4 amide bonds. The molecule has 0 spiro atoms. The Hall–Kier alpha value is -3.54. The fraction of sp³-hybridized carbons (Fsp3) is 0.194. The van der Waals surface area contributed by atoms with Crippen LogP contribution in [0.15, 0.2) is 107 Å². The molecule has 5 rings (SSSR count). The number of nitrogens with one attached hydrogen (secondary N) is 4. The molecule has 3 heterocycles. The van der Waals surface area contributed by atoms with E-state index in [4.69, 9.17) is 14.7 Å². The van der Waals surface area contributed by atoms with Crippen LogP contribution in [-0.4, -0.2) is 64.0 Å². The number of hydrogen-bond acceptors (Lipinski definition) is 9. The number of carbonyl (C=O) groups is 4. The predicted octanol–water partition coefficient (Wildman–Crippen LogP) is 1.56. The number of fused-ring (bicyclic) bond motifs is 1. The molecule has 2 atom stereocenters. The summed E-state index contributed by atoms with van der Waals surface area (Å²) in [5.41, 5.74) is 7.11. The minimum absolute atomic E-state index is 0. The molecule has 13 nitrogen and oxygen atoms in total. The Morgan fingerprint density at radius 1 is 0.980 bits per heavy atom. The molecule has 0 saturated heterocycles. The number of ether oxygens (including phenoxy) is 2. The summed E-state index contributed by atoms with van der Waals surface area (Å²) in [7, 11) is 0. The topological polar surface area (TPSA) is 169 Å². The van der Waals surface area contributed by atoms with Crippen molar-refractivity contribution in [2.75, 3.05) is 21.0 Å². The second-order valence-electron chi connectivity index (χ2n) is 9.56. The molecule has 2 aromatic heterocycles. The summed E-state index contributed by atoms with van der Waals surface area (Å²) in [5.74, 6) is -0.211. The fourth-order valence-electron chi connectivity index (χ4n) is 3.90. The van der Waals surface area contributed by atoms with E-state index in [9.17, 15) is 19.2 Å². The van der Waals surface area contributed by atoms with Crippen LogP contribution in [0.3, 0.4) is 0 Å². The van der Waals surface area contributed by atoms with Crippen LogP contribution in [0.1, 0.15) is 12.6 Å². The Bertz CT molecular complexity index is 1700. The molecule has 2 aromatic carbocycles. The third-order valence-corrected chi connectivity index (χ3v) is 8.87. The van der Waals surface area contributed by atoms with E-state index < -0.39 is 30.2 Å². The van der Waals surface area contributed by atoms with Gasteiger partial charge in [-0.1, -0.05) is 83.3 Å². The second kappa shape index (κ2) is 22.2. The first kappa shape index (κ1) is 41.6. The van der Waals surface area contributed by atoms with Gasteiger partial charge in [-0.2, -0.15) is 5.26 Å². The molecule has 0 bridgehead atoms. The van der Waals surface area contributed by atoms with Gasteiger partial charge in [-0.15, -0.1) is 11.8 Å². The van der Waals surface area contributed by atoms with E-state index in [-0.39, 0.29) is 58.5 Å². The zero-order valence-corrected chi connectivity index (χ0v) is 32.1. The van der Waals surface area contributed by atoms with Crippen LogP contribution in [0, 0.1) is 10.7 Å². The third-order valence-electron chi connectivity index (χ3n) is 6.23. The van der Waals surface area contributed by atoms with E-state index in [1.54, 1.807) is 29.2 Å². The van der Waals surface area contributed by atoms with Crippen molar-refractivity contribution in [1.29, 1.82) is 5.26 Å². The molecule has 0 aliphatic carbocycles. The quantitative estimate of drug-likeness (QED) is 0.0611. The summed E-state index contributed by atoms with van der Waals surface area (Å²) in [4.78, 5) is 48.1. The van der Waals surface area contributed by atoms with Gasteiger partial charge in [-0.05, 0) is 35.4 Å². The van der Waals surface area contributed by atoms with Gasteiger partial charge in [0.25, 0.3) is 11.8 Å². The molecule has 0 unspecified atom stereocenters. The average Bonchev–Trinajstić information content (AvgIpc) is 3.70. The SMILES string of the molecule is N#CSc1cccn1NC(=O)[C@H](CI)NC(=O)OCc1ccccc1.O=C(N[C@H]1CSc2cccn2NC1=O)OCc1ccccc1.[B].[H-].[Na+]. The van der Waals surface area contributed by atoms with Gasteiger partial charge in [-0.25, -0.2) is 9.59 Å². The minimum Gasteiger partial charge on any atom is -1.00 e. The van der Waals surface area contributed by atoms with Gasteiger partial charge in [0.1, 0.15) is 35.7 Å². The van der Waals surface area contributed by atoms with E-state index in [1.165, 1.54) is 16.4 Å². The second-order valence-corrected chi connectivity index (χ2v) is 12.3. The Kier molecular flexibility index (Phi) is 18.9. The zero-order valence-electron chi connectivity index (χ0n) is 27.3. The van der Waals surface area contributed by atoms with Crippen LogP contribution >= 0.6 is 46.1 Å². The summed E-state index contributed by atoms with van der Waals surface area (Å²) in [5, 5.41) is 17.3. The van der Waals surface area contributed by atoms with Gasteiger partial charge in [-0.3, -0.25) is 29.8 Å². The molecular formula is C31H31BIN7NaO6S2. The Labute approximate surface area is 331 Å². The number of alkyl carbamates (subject to hydrolysis) is 2. The van der Waals surface area contributed by atoms with Crippen molar-refractivity contribution >= 4 is 78.5 Å². The minimum atomic E-state index is -0.758. The number of nitrogens with zero attached hydrogens (tertiary/aromatic N) is 3. The van der Waals surface area contributed by atoms with Crippen LogP contribution < -0.4 is 51.0 Å². The number of carbonyl (C=O) groups excluding carboxylic acids is 4. The predicted molar refractivity (Wildman–Crippen MR) is 193 cm³/mol. The van der Waals surface area contributed by atoms with Crippen molar-refractivity contribution in [3.63, 3.8) is 0 Å². The Balaban J connectivity index is 0.000000474. The van der Waals surface area contributed by atoms with Crippen LogP contribution in [0.25, 0.3) is 0 Å². The van der Waals surface area contributed by atoms with Gasteiger partial charge >= 0.3 is 41.7 Å². The van der Waals surface area contributed by atoms with Crippen LogP contribution in [0.4, 0.5) is 9.59 Å². The summed E-state index contributed by atoms with van der Waals surface area (Å²) in [6, 6.07) is 24.4. The smallest absolute Gasteiger partial charge is 1.00 e. The monoisotopic (exact) mass is 822 g/mol. The molecule has 1 aliphatic heterocycles. The molecule has 49 heavy (non-hydrogen) atoms. The molecule has 0 fully saturated rings. The van der Waals surface area contributed by atoms with Gasteiger partial charge in [0.05, 0.1) is 5.03 Å². The normalized spacial score (nSPS) is 13.4. The maximum atomic E-state index is 12.3. The van der Waals surface area contributed by atoms with E-state index in [0.717, 1.165) is 27.9 Å². The number of aromatic nitrogens is 2. The number of benzene rings is 2. The van der Waals surface area contributed by atoms with Gasteiger partial charge < -0.3 is 21.5 Å². The van der Waals surface area contributed by atoms with Crippen molar-refractivity contribution in [2.45, 2.75) is 35.3 Å². The van der Waals surface area contributed by atoms with Crippen molar-refractivity contribution in [2.24, 2.45) is 0 Å². The van der Waals surface area contributed by atoms with Crippen LogP contribution in [0.5, 0.6) is 0 Å². The first-order chi connectivity index (χ1) is 22.9. The van der Waals surface area contributed by atoms with Gasteiger partial charge in [0.2, 0.25) is 0 Å². The van der Waals surface area contributed by atoms with Crippen molar-refractivity contribution < 1.29 is 59.6 Å². The molecule has 4 aromatic rings. The molecule has 1 aliphatic rings. The molecular weight excluding hydrogens is 791 g/mol. The number of thioether (sulfide) groups is 2. The maximum absolute atomic E-state index is 12.3. The number of thiocyanates is 1. The van der Waals surface area contributed by atoms with E-state index in [2.05, 4.69) is 21.5 Å². The summed E-state index contributed by atoms with van der Waals surface area (Å²) < 4.78 is 13.7. The number of rotatable bonds is 10. The van der Waals surface area contributed by atoms with Gasteiger partial charge in [0.15, 0.2) is 0 Å². The molecule has 0 saturated carbocycles. The summed E-state index contributed by atoms with van der Waals surface area (Å²) in [6.07, 6.45) is 2.11. The van der Waals surface area contributed by atoms with E-state index in [1.807, 2.05) is 101 Å². The summed E-state index contributed by atoms with van der Waals surface area (Å²) in [6.45, 7) is 0.303. The molecule has 249 valence electrons. The molecule has 3 radical (unpaired) electrons. The zero-order chi connectivity index (χ0) is 33.4. The van der Waals surface area contributed by atoms with Crippen molar-refractivity contribution in [1.82, 2.24) is 20.0 Å². The van der Waals surface area contributed by atoms with Crippen LogP contribution in [-0.2, 0) is 32.3 Å². The van der Waals surface area contributed by atoms with E-state index in [0.29, 0.717) is 15.2 Å². The maximum Gasteiger partial charge on any atom is 1.00 e. The number of halogens is 1. The third kappa shape index (κ3) is 13.7. The van der Waals surface area contributed by atoms with E-state index >= 15 is 0 Å². The molecule has 18 heteroatoms. The van der Waals surface area contributed by atoms with Gasteiger partial charge in [0, 0.05) is 42.7 Å². The first-order valence-corrected chi connectivity index (χ1v) is 17.3. The number of amides is 4.